The Bertz CT molecular complexity index is 2240. The molecule has 0 amide bonds. The van der Waals surface area contributed by atoms with Gasteiger partial charge in [0.15, 0.2) is 0 Å². The fourth-order valence-electron chi connectivity index (χ4n) is 7.04. The second kappa shape index (κ2) is 8.18. The first kappa shape index (κ1) is 21.8. The van der Waals surface area contributed by atoms with Crippen LogP contribution in [0.4, 0.5) is 0 Å². The van der Waals surface area contributed by atoms with E-state index in [1.165, 1.54) is 60.5 Å². The Morgan fingerprint density at radius 1 is 0.375 bits per heavy atom. The quantitative estimate of drug-likeness (QED) is 0.212. The van der Waals surface area contributed by atoms with Crippen molar-refractivity contribution in [3.05, 3.63) is 145 Å². The number of fused-ring (bicyclic) bond motifs is 8. The lowest BCUT2D eigenvalue weighted by molar-refractivity contribution is 0.670. The van der Waals surface area contributed by atoms with E-state index in [1.807, 2.05) is 6.07 Å². The van der Waals surface area contributed by atoms with Crippen molar-refractivity contribution in [2.24, 2.45) is 0 Å². The van der Waals surface area contributed by atoms with Crippen LogP contribution in [-0.2, 0) is 6.42 Å². The molecule has 7 aromatic carbocycles. The maximum Gasteiger partial charge on any atom is 0.143 e. The van der Waals surface area contributed by atoms with Crippen molar-refractivity contribution in [3.8, 4) is 33.4 Å². The van der Waals surface area contributed by atoms with Gasteiger partial charge in [0.1, 0.15) is 11.2 Å². The standard InChI is InChI=1S/C39H24O/c1-2-12-25-24(11-1)23-35-26(25)18-9-19-32(35)37-28-14-3-5-16-30(28)38(31-17-6-4-15-29(31)37)34-21-10-20-33-27-13-7-8-22-36(27)40-39(33)34/h1-22H,23H2. The van der Waals surface area contributed by atoms with Gasteiger partial charge in [-0.15, -0.1) is 0 Å². The molecule has 1 nitrogen and oxygen atoms in total. The molecule has 0 unspecified atom stereocenters. The van der Waals surface area contributed by atoms with Gasteiger partial charge in [0.25, 0.3) is 0 Å². The van der Waals surface area contributed by atoms with Gasteiger partial charge in [-0.05, 0) is 67.4 Å². The Labute approximate surface area is 231 Å². The van der Waals surface area contributed by atoms with Crippen molar-refractivity contribution in [2.75, 3.05) is 0 Å². The second-order valence-electron chi connectivity index (χ2n) is 10.8. The number of benzene rings is 7. The largest absolute Gasteiger partial charge is 0.455 e. The van der Waals surface area contributed by atoms with Crippen LogP contribution in [-0.4, -0.2) is 0 Å². The number of hydrogen-bond donors (Lipinski definition) is 0. The van der Waals surface area contributed by atoms with Gasteiger partial charge in [-0.3, -0.25) is 0 Å². The number of rotatable bonds is 2. The molecule has 1 aliphatic rings. The molecule has 9 rings (SSSR count). The molecular weight excluding hydrogens is 484 g/mol. The van der Waals surface area contributed by atoms with Crippen molar-refractivity contribution in [3.63, 3.8) is 0 Å². The molecule has 0 saturated heterocycles. The van der Waals surface area contributed by atoms with Gasteiger partial charge in [0.2, 0.25) is 0 Å². The fraction of sp³-hybridized carbons (Fsp3) is 0.0256. The molecule has 40 heavy (non-hydrogen) atoms. The summed E-state index contributed by atoms with van der Waals surface area (Å²) in [5, 5.41) is 7.35. The SMILES string of the molecule is c1ccc2c(c1)Cc1c-2cccc1-c1c2ccccc2c(-c2cccc3c2oc2ccccc23)c2ccccc12. The minimum Gasteiger partial charge on any atom is -0.455 e. The lowest BCUT2D eigenvalue weighted by Crippen LogP contribution is -1.94. The van der Waals surface area contributed by atoms with Gasteiger partial charge in [-0.1, -0.05) is 127 Å². The van der Waals surface area contributed by atoms with Gasteiger partial charge in [0.05, 0.1) is 0 Å². The minimum absolute atomic E-state index is 0.926. The van der Waals surface area contributed by atoms with Crippen molar-refractivity contribution >= 4 is 43.5 Å². The molecule has 1 aromatic heterocycles. The van der Waals surface area contributed by atoms with Crippen LogP contribution in [0.2, 0.25) is 0 Å². The van der Waals surface area contributed by atoms with Crippen LogP contribution in [0.15, 0.2) is 138 Å². The predicted octanol–water partition coefficient (Wildman–Crippen LogP) is 10.8. The number of hydrogen-bond acceptors (Lipinski definition) is 1. The summed E-state index contributed by atoms with van der Waals surface area (Å²) in [5.74, 6) is 0. The zero-order valence-corrected chi connectivity index (χ0v) is 21.8. The third kappa shape index (κ3) is 2.92. The van der Waals surface area contributed by atoms with Crippen LogP contribution in [0.3, 0.4) is 0 Å². The molecule has 1 heterocycles. The fourth-order valence-corrected chi connectivity index (χ4v) is 7.04. The van der Waals surface area contributed by atoms with Crippen molar-refractivity contribution in [1.82, 2.24) is 0 Å². The lowest BCUT2D eigenvalue weighted by Gasteiger charge is -2.19. The highest BCUT2D eigenvalue weighted by atomic mass is 16.3. The Balaban J connectivity index is 1.41. The third-order valence-corrected chi connectivity index (χ3v) is 8.73. The molecule has 8 aromatic rings. The Morgan fingerprint density at radius 2 is 0.875 bits per heavy atom. The van der Waals surface area contributed by atoms with Gasteiger partial charge < -0.3 is 4.42 Å². The van der Waals surface area contributed by atoms with E-state index in [2.05, 4.69) is 127 Å². The predicted molar refractivity (Wildman–Crippen MR) is 168 cm³/mol. The average Bonchev–Trinajstić information content (AvgIpc) is 3.59. The van der Waals surface area contributed by atoms with Gasteiger partial charge in [-0.2, -0.15) is 0 Å². The first-order valence-electron chi connectivity index (χ1n) is 13.9. The summed E-state index contributed by atoms with van der Waals surface area (Å²) in [5.41, 5.74) is 12.4. The summed E-state index contributed by atoms with van der Waals surface area (Å²) in [7, 11) is 0. The smallest absolute Gasteiger partial charge is 0.143 e. The molecule has 0 radical (unpaired) electrons. The Kier molecular flexibility index (Phi) is 4.45. The van der Waals surface area contributed by atoms with Crippen LogP contribution in [0.5, 0.6) is 0 Å². The lowest BCUT2D eigenvalue weighted by atomic mass is 9.84. The Hall–Kier alpha value is -5.14. The first-order chi connectivity index (χ1) is 19.9. The molecule has 0 N–H and O–H groups in total. The minimum atomic E-state index is 0.926. The van der Waals surface area contributed by atoms with Crippen molar-refractivity contribution in [2.45, 2.75) is 6.42 Å². The van der Waals surface area contributed by atoms with Crippen LogP contribution in [0.1, 0.15) is 11.1 Å². The van der Waals surface area contributed by atoms with E-state index in [9.17, 15) is 0 Å². The molecule has 0 atom stereocenters. The van der Waals surface area contributed by atoms with E-state index in [4.69, 9.17) is 4.42 Å². The summed E-state index contributed by atoms with van der Waals surface area (Å²) in [4.78, 5) is 0. The molecule has 1 heteroatoms. The summed E-state index contributed by atoms with van der Waals surface area (Å²) in [6.07, 6.45) is 0.963. The van der Waals surface area contributed by atoms with Crippen molar-refractivity contribution in [1.29, 1.82) is 0 Å². The number of para-hydroxylation sites is 2. The molecule has 0 fully saturated rings. The van der Waals surface area contributed by atoms with E-state index in [1.54, 1.807) is 0 Å². The summed E-state index contributed by atoms with van der Waals surface area (Å²) in [6, 6.07) is 48.4. The van der Waals surface area contributed by atoms with E-state index in [0.29, 0.717) is 0 Å². The zero-order valence-electron chi connectivity index (χ0n) is 21.8. The first-order valence-corrected chi connectivity index (χ1v) is 13.9. The van der Waals surface area contributed by atoms with Gasteiger partial charge >= 0.3 is 0 Å². The molecular formula is C39H24O. The van der Waals surface area contributed by atoms with Crippen LogP contribution in [0.25, 0.3) is 76.9 Å². The monoisotopic (exact) mass is 508 g/mol. The molecule has 186 valence electrons. The van der Waals surface area contributed by atoms with E-state index in [0.717, 1.165) is 33.9 Å². The van der Waals surface area contributed by atoms with Gasteiger partial charge in [0, 0.05) is 21.9 Å². The topological polar surface area (TPSA) is 13.1 Å². The van der Waals surface area contributed by atoms with Crippen LogP contribution < -0.4 is 0 Å². The zero-order chi connectivity index (χ0) is 26.2. The van der Waals surface area contributed by atoms with Crippen molar-refractivity contribution < 1.29 is 4.42 Å². The third-order valence-electron chi connectivity index (χ3n) is 8.73. The normalized spacial score (nSPS) is 12.4. The summed E-state index contributed by atoms with van der Waals surface area (Å²) < 4.78 is 6.55. The average molecular weight is 509 g/mol. The Morgan fingerprint density at radius 3 is 1.62 bits per heavy atom. The molecule has 0 saturated carbocycles. The highest BCUT2D eigenvalue weighted by molar-refractivity contribution is 6.24. The maximum atomic E-state index is 6.55. The van der Waals surface area contributed by atoms with E-state index < -0.39 is 0 Å². The highest BCUT2D eigenvalue weighted by Gasteiger charge is 2.25. The summed E-state index contributed by atoms with van der Waals surface area (Å²) >= 11 is 0. The summed E-state index contributed by atoms with van der Waals surface area (Å²) in [6.45, 7) is 0. The van der Waals surface area contributed by atoms with E-state index in [-0.39, 0.29) is 0 Å². The molecule has 1 aliphatic carbocycles. The number of furan rings is 1. The molecule has 0 spiro atoms. The van der Waals surface area contributed by atoms with Crippen LogP contribution >= 0.6 is 0 Å². The molecule has 0 bridgehead atoms. The molecule has 0 aliphatic heterocycles. The van der Waals surface area contributed by atoms with E-state index >= 15 is 0 Å². The van der Waals surface area contributed by atoms with Crippen LogP contribution in [0, 0.1) is 0 Å². The maximum absolute atomic E-state index is 6.55. The highest BCUT2D eigenvalue weighted by Crippen LogP contribution is 2.49. The van der Waals surface area contributed by atoms with Gasteiger partial charge in [-0.25, -0.2) is 0 Å². The second-order valence-corrected chi connectivity index (χ2v) is 10.8.